The summed E-state index contributed by atoms with van der Waals surface area (Å²) in [5, 5.41) is 3.39. The average Bonchev–Trinajstić information content (AvgIpc) is 3.03. The van der Waals surface area contributed by atoms with Gasteiger partial charge in [0.15, 0.2) is 0 Å². The third kappa shape index (κ3) is 5.80. The topological polar surface area (TPSA) is 50.3 Å². The van der Waals surface area contributed by atoms with Crippen LogP contribution in [0.3, 0.4) is 0 Å². The Labute approximate surface area is 150 Å². The summed E-state index contributed by atoms with van der Waals surface area (Å²) >= 11 is 0. The molecule has 5 heteroatoms. The molecule has 1 saturated heterocycles. The molecule has 0 radical (unpaired) electrons. The summed E-state index contributed by atoms with van der Waals surface area (Å²) in [6.07, 6.45) is 4.74. The molecule has 134 valence electrons. The zero-order chi connectivity index (χ0) is 17.5. The molecule has 1 unspecified atom stereocenters. The van der Waals surface area contributed by atoms with E-state index in [9.17, 15) is 0 Å². The second-order valence-corrected chi connectivity index (χ2v) is 7.12. The summed E-state index contributed by atoms with van der Waals surface area (Å²) in [5.74, 6) is 1.26. The van der Waals surface area contributed by atoms with E-state index in [1.54, 1.807) is 12.4 Å². The largest absolute Gasteiger partial charge is 0.472 e. The van der Waals surface area contributed by atoms with E-state index in [1.807, 2.05) is 0 Å². The highest BCUT2D eigenvalue weighted by Gasteiger charge is 2.24. The summed E-state index contributed by atoms with van der Waals surface area (Å²) in [6, 6.07) is 10.6. The molecule has 0 amide bonds. The van der Waals surface area contributed by atoms with Gasteiger partial charge in [-0.25, -0.2) is 4.98 Å². The fourth-order valence-electron chi connectivity index (χ4n) is 3.07. The number of nitrogens with one attached hydrogen (secondary N) is 1. The lowest BCUT2D eigenvalue weighted by molar-refractivity contribution is 0.190. The lowest BCUT2D eigenvalue weighted by Gasteiger charge is -2.16. The molecule has 0 aliphatic carbocycles. The number of ether oxygens (including phenoxy) is 1. The van der Waals surface area contributed by atoms with Gasteiger partial charge < -0.3 is 10.1 Å². The Morgan fingerprint density at radius 2 is 2.08 bits per heavy atom. The van der Waals surface area contributed by atoms with E-state index in [4.69, 9.17) is 4.74 Å². The molecule has 0 spiro atoms. The Morgan fingerprint density at radius 1 is 1.24 bits per heavy atom. The van der Waals surface area contributed by atoms with Gasteiger partial charge in [0, 0.05) is 32.4 Å². The summed E-state index contributed by atoms with van der Waals surface area (Å²) in [4.78, 5) is 11.3. The molecule has 1 fully saturated rings. The average molecular weight is 340 g/mol. The van der Waals surface area contributed by atoms with E-state index in [0.717, 1.165) is 44.8 Å². The van der Waals surface area contributed by atoms with E-state index < -0.39 is 0 Å². The number of hydrogen-bond donors (Lipinski definition) is 1. The molecule has 0 bridgehead atoms. The van der Waals surface area contributed by atoms with Gasteiger partial charge in [-0.1, -0.05) is 44.2 Å². The number of aromatic nitrogens is 2. The highest BCUT2D eigenvalue weighted by Crippen LogP contribution is 2.18. The van der Waals surface area contributed by atoms with Crippen molar-refractivity contribution in [3.8, 4) is 5.88 Å². The SMILES string of the molecule is CC(C)CNCc1cncc(OC2CCN(Cc3ccccc3)C2)n1. The second kappa shape index (κ2) is 8.92. The van der Waals surface area contributed by atoms with Crippen LogP contribution in [0.1, 0.15) is 31.5 Å². The summed E-state index contributed by atoms with van der Waals surface area (Å²) < 4.78 is 6.07. The molecule has 2 heterocycles. The van der Waals surface area contributed by atoms with Crippen molar-refractivity contribution in [2.75, 3.05) is 19.6 Å². The first kappa shape index (κ1) is 17.8. The van der Waals surface area contributed by atoms with Crippen LogP contribution in [-0.4, -0.2) is 40.6 Å². The van der Waals surface area contributed by atoms with E-state index in [-0.39, 0.29) is 6.10 Å². The van der Waals surface area contributed by atoms with Crippen LogP contribution in [0.15, 0.2) is 42.7 Å². The Balaban J connectivity index is 1.48. The van der Waals surface area contributed by atoms with E-state index in [0.29, 0.717) is 11.8 Å². The number of hydrogen-bond acceptors (Lipinski definition) is 5. The van der Waals surface area contributed by atoms with Gasteiger partial charge in [-0.05, 0) is 24.4 Å². The fourth-order valence-corrected chi connectivity index (χ4v) is 3.07. The third-order valence-corrected chi connectivity index (χ3v) is 4.29. The van der Waals surface area contributed by atoms with E-state index in [1.165, 1.54) is 5.56 Å². The van der Waals surface area contributed by atoms with Crippen LogP contribution in [0, 0.1) is 5.92 Å². The van der Waals surface area contributed by atoms with Crippen LogP contribution in [-0.2, 0) is 13.1 Å². The van der Waals surface area contributed by atoms with Crippen LogP contribution in [0.25, 0.3) is 0 Å². The van der Waals surface area contributed by atoms with Crippen molar-refractivity contribution in [2.24, 2.45) is 5.92 Å². The minimum absolute atomic E-state index is 0.192. The van der Waals surface area contributed by atoms with Crippen molar-refractivity contribution in [1.29, 1.82) is 0 Å². The maximum atomic E-state index is 6.07. The van der Waals surface area contributed by atoms with Crippen molar-refractivity contribution in [3.63, 3.8) is 0 Å². The third-order valence-electron chi connectivity index (χ3n) is 4.29. The zero-order valence-electron chi connectivity index (χ0n) is 15.2. The van der Waals surface area contributed by atoms with Crippen LogP contribution in [0.2, 0.25) is 0 Å². The highest BCUT2D eigenvalue weighted by molar-refractivity contribution is 5.15. The minimum atomic E-state index is 0.192. The maximum absolute atomic E-state index is 6.07. The van der Waals surface area contributed by atoms with Crippen molar-refractivity contribution in [3.05, 3.63) is 54.0 Å². The van der Waals surface area contributed by atoms with Gasteiger partial charge in [-0.3, -0.25) is 9.88 Å². The summed E-state index contributed by atoms with van der Waals surface area (Å²) in [7, 11) is 0. The molecule has 1 aliphatic rings. The fraction of sp³-hybridized carbons (Fsp3) is 0.500. The number of benzene rings is 1. The smallest absolute Gasteiger partial charge is 0.232 e. The molecular formula is C20H28N4O. The van der Waals surface area contributed by atoms with Crippen LogP contribution >= 0.6 is 0 Å². The Kier molecular flexibility index (Phi) is 6.36. The molecule has 25 heavy (non-hydrogen) atoms. The van der Waals surface area contributed by atoms with Gasteiger partial charge in [0.1, 0.15) is 6.10 Å². The van der Waals surface area contributed by atoms with Crippen LogP contribution in [0.4, 0.5) is 0 Å². The van der Waals surface area contributed by atoms with E-state index in [2.05, 4.69) is 64.4 Å². The van der Waals surface area contributed by atoms with Gasteiger partial charge in [-0.15, -0.1) is 0 Å². The normalized spacial score (nSPS) is 18.0. The molecule has 1 aromatic carbocycles. The molecule has 1 N–H and O–H groups in total. The molecule has 2 aromatic rings. The van der Waals surface area contributed by atoms with Crippen molar-refractivity contribution < 1.29 is 4.74 Å². The Morgan fingerprint density at radius 3 is 2.88 bits per heavy atom. The predicted octanol–water partition coefficient (Wildman–Crippen LogP) is 2.88. The minimum Gasteiger partial charge on any atom is -0.472 e. The standard InChI is InChI=1S/C20H28N4O/c1-16(2)10-21-11-18-12-22-13-20(23-18)25-19-8-9-24(15-19)14-17-6-4-3-5-7-17/h3-7,12-13,16,19,21H,8-11,14-15H2,1-2H3. The Hall–Kier alpha value is -1.98. The summed E-state index contributed by atoms with van der Waals surface area (Å²) in [5.41, 5.74) is 2.28. The molecule has 1 atom stereocenters. The molecule has 3 rings (SSSR count). The first-order valence-electron chi connectivity index (χ1n) is 9.13. The van der Waals surface area contributed by atoms with Crippen LogP contribution in [0.5, 0.6) is 5.88 Å². The molecular weight excluding hydrogens is 312 g/mol. The van der Waals surface area contributed by atoms with Crippen molar-refractivity contribution in [2.45, 2.75) is 39.5 Å². The van der Waals surface area contributed by atoms with Crippen molar-refractivity contribution in [1.82, 2.24) is 20.2 Å². The number of rotatable bonds is 8. The molecule has 1 aromatic heterocycles. The molecule has 1 aliphatic heterocycles. The van der Waals surface area contributed by atoms with Crippen LogP contribution < -0.4 is 10.1 Å². The van der Waals surface area contributed by atoms with Gasteiger partial charge in [0.05, 0.1) is 11.9 Å². The van der Waals surface area contributed by atoms with Gasteiger partial charge >= 0.3 is 0 Å². The monoisotopic (exact) mass is 340 g/mol. The molecule has 5 nitrogen and oxygen atoms in total. The zero-order valence-corrected chi connectivity index (χ0v) is 15.2. The maximum Gasteiger partial charge on any atom is 0.232 e. The van der Waals surface area contributed by atoms with Crippen molar-refractivity contribution >= 4 is 0 Å². The van der Waals surface area contributed by atoms with Gasteiger partial charge in [0.25, 0.3) is 0 Å². The second-order valence-electron chi connectivity index (χ2n) is 7.12. The Bertz CT molecular complexity index is 647. The summed E-state index contributed by atoms with van der Waals surface area (Å²) in [6.45, 7) is 9.07. The lowest BCUT2D eigenvalue weighted by atomic mass is 10.2. The quantitative estimate of drug-likeness (QED) is 0.801. The lowest BCUT2D eigenvalue weighted by Crippen LogP contribution is -2.25. The predicted molar refractivity (Wildman–Crippen MR) is 99.3 cm³/mol. The first-order chi connectivity index (χ1) is 12.2. The number of nitrogens with zero attached hydrogens (tertiary/aromatic N) is 3. The first-order valence-corrected chi connectivity index (χ1v) is 9.13. The van der Waals surface area contributed by atoms with E-state index >= 15 is 0 Å². The highest BCUT2D eigenvalue weighted by atomic mass is 16.5. The molecule has 0 saturated carbocycles. The van der Waals surface area contributed by atoms with Gasteiger partial charge in [-0.2, -0.15) is 0 Å². The van der Waals surface area contributed by atoms with Gasteiger partial charge in [0.2, 0.25) is 5.88 Å². The number of likely N-dealkylation sites (tertiary alicyclic amines) is 1.